The highest BCUT2D eigenvalue weighted by Crippen LogP contribution is 2.32. The first-order valence-electron chi connectivity index (χ1n) is 8.96. The van der Waals surface area contributed by atoms with Gasteiger partial charge in [-0.2, -0.15) is 4.57 Å². The van der Waals surface area contributed by atoms with Crippen LogP contribution in [0.4, 0.5) is 0 Å². The second-order valence-corrected chi connectivity index (χ2v) is 7.00. The minimum atomic E-state index is 0.824. The van der Waals surface area contributed by atoms with Crippen LogP contribution in [0.5, 0.6) is 0 Å². The van der Waals surface area contributed by atoms with E-state index in [4.69, 9.17) is 5.10 Å². The number of para-hydroxylation sites is 1. The summed E-state index contributed by atoms with van der Waals surface area (Å²) in [5.74, 6) is 2.14. The van der Waals surface area contributed by atoms with E-state index in [0.717, 1.165) is 29.4 Å². The number of rotatable bonds is 2. The molecule has 26 heavy (non-hydrogen) atoms. The molecule has 3 aromatic carbocycles. The molecule has 0 N–H and O–H groups in total. The van der Waals surface area contributed by atoms with E-state index in [1.54, 1.807) is 0 Å². The van der Waals surface area contributed by atoms with Crippen LogP contribution in [0.2, 0.25) is 0 Å². The molecule has 3 nitrogen and oxygen atoms in total. The minimum Gasteiger partial charge on any atom is -0.190 e. The van der Waals surface area contributed by atoms with Gasteiger partial charge in [-0.3, -0.25) is 0 Å². The molecule has 0 saturated carbocycles. The summed E-state index contributed by atoms with van der Waals surface area (Å²) in [6.45, 7) is 5.08. The Morgan fingerprint density at radius 2 is 1.58 bits per heavy atom. The quantitative estimate of drug-likeness (QED) is 0.435. The van der Waals surface area contributed by atoms with Crippen molar-refractivity contribution in [3.63, 3.8) is 0 Å². The van der Waals surface area contributed by atoms with Crippen LogP contribution < -0.4 is 4.57 Å². The molecule has 1 aliphatic rings. The molecule has 0 radical (unpaired) electrons. The fourth-order valence-corrected chi connectivity index (χ4v) is 3.74. The van der Waals surface area contributed by atoms with E-state index in [2.05, 4.69) is 95.9 Å². The summed E-state index contributed by atoms with van der Waals surface area (Å²) in [6.07, 6.45) is 0. The Morgan fingerprint density at radius 1 is 0.846 bits per heavy atom. The third-order valence-corrected chi connectivity index (χ3v) is 5.03. The predicted octanol–water partition coefficient (Wildman–Crippen LogP) is 4.47. The number of hydrogen-bond donors (Lipinski definition) is 0. The van der Waals surface area contributed by atoms with Crippen molar-refractivity contribution in [2.75, 3.05) is 0 Å². The van der Waals surface area contributed by atoms with Gasteiger partial charge in [-0.15, -0.1) is 4.68 Å². The Hall–Kier alpha value is -3.20. The summed E-state index contributed by atoms with van der Waals surface area (Å²) in [5.41, 5.74) is 7.43. The second kappa shape index (κ2) is 5.67. The van der Waals surface area contributed by atoms with Crippen LogP contribution in [0.25, 0.3) is 28.5 Å². The van der Waals surface area contributed by atoms with Gasteiger partial charge in [-0.25, -0.2) is 0 Å². The number of aromatic nitrogens is 3. The van der Waals surface area contributed by atoms with Crippen LogP contribution >= 0.6 is 0 Å². The highest BCUT2D eigenvalue weighted by atomic mass is 15.4. The van der Waals surface area contributed by atoms with Gasteiger partial charge >= 0.3 is 5.82 Å². The lowest BCUT2D eigenvalue weighted by Crippen LogP contribution is -2.34. The highest BCUT2D eigenvalue weighted by Gasteiger charge is 2.35. The fourth-order valence-electron chi connectivity index (χ4n) is 3.74. The zero-order valence-electron chi connectivity index (χ0n) is 15.0. The molecule has 0 amide bonds. The van der Waals surface area contributed by atoms with Crippen LogP contribution in [0.1, 0.15) is 16.7 Å². The summed E-state index contributed by atoms with van der Waals surface area (Å²) >= 11 is 0. The zero-order chi connectivity index (χ0) is 17.7. The van der Waals surface area contributed by atoms with Gasteiger partial charge in [0, 0.05) is 10.7 Å². The lowest BCUT2D eigenvalue weighted by Gasteiger charge is -2.05. The standard InChI is InChI=1S/C23H20N3/c1-16-8-11-18(12-9-16)22-24-25-15-19-14-17(2)10-13-21(19)23(25)26(22)20-6-4-3-5-7-20/h3-14H,15H2,1-2H3/q+1. The summed E-state index contributed by atoms with van der Waals surface area (Å²) in [7, 11) is 0. The summed E-state index contributed by atoms with van der Waals surface area (Å²) in [6, 6.07) is 25.8. The molecular formula is C23H20N3+. The van der Waals surface area contributed by atoms with Gasteiger partial charge in [0.2, 0.25) is 0 Å². The zero-order valence-corrected chi connectivity index (χ0v) is 15.0. The van der Waals surface area contributed by atoms with E-state index in [9.17, 15) is 0 Å². The number of benzene rings is 3. The van der Waals surface area contributed by atoms with Gasteiger partial charge in [0.05, 0.1) is 11.1 Å². The Bertz CT molecular complexity index is 1110. The molecule has 0 unspecified atom stereocenters. The number of aryl methyl sites for hydroxylation is 2. The summed E-state index contributed by atoms with van der Waals surface area (Å²) in [5, 5.41) is 4.99. The Morgan fingerprint density at radius 3 is 2.35 bits per heavy atom. The van der Waals surface area contributed by atoms with E-state index in [1.807, 2.05) is 0 Å². The molecule has 0 bridgehead atoms. The van der Waals surface area contributed by atoms with E-state index in [0.29, 0.717) is 0 Å². The van der Waals surface area contributed by atoms with Gasteiger partial charge in [-0.1, -0.05) is 53.6 Å². The highest BCUT2D eigenvalue weighted by molar-refractivity contribution is 5.65. The first kappa shape index (κ1) is 15.1. The van der Waals surface area contributed by atoms with Gasteiger partial charge < -0.3 is 0 Å². The normalized spacial score (nSPS) is 12.1. The van der Waals surface area contributed by atoms with E-state index < -0.39 is 0 Å². The Labute approximate surface area is 153 Å². The first-order chi connectivity index (χ1) is 12.7. The van der Waals surface area contributed by atoms with Crippen LogP contribution in [0.3, 0.4) is 0 Å². The molecule has 0 fully saturated rings. The van der Waals surface area contributed by atoms with Gasteiger partial charge in [-0.05, 0) is 44.2 Å². The van der Waals surface area contributed by atoms with Crippen LogP contribution in [-0.4, -0.2) is 9.78 Å². The van der Waals surface area contributed by atoms with Crippen molar-refractivity contribution >= 4 is 0 Å². The van der Waals surface area contributed by atoms with Crippen molar-refractivity contribution in [3.05, 3.63) is 89.5 Å². The molecule has 2 heterocycles. The third kappa shape index (κ3) is 2.28. The average molecular weight is 338 g/mol. The maximum absolute atomic E-state index is 4.99. The summed E-state index contributed by atoms with van der Waals surface area (Å²) < 4.78 is 4.41. The maximum atomic E-state index is 4.99. The predicted molar refractivity (Wildman–Crippen MR) is 103 cm³/mol. The van der Waals surface area contributed by atoms with Crippen molar-refractivity contribution < 1.29 is 4.57 Å². The molecule has 1 aliphatic heterocycles. The SMILES string of the molecule is Cc1ccc(-c2nn3c([n+]2-c2ccccc2)-c2ccc(C)cc2C3)cc1. The van der Waals surface area contributed by atoms with Crippen molar-refractivity contribution in [2.45, 2.75) is 20.4 Å². The fraction of sp³-hybridized carbons (Fsp3) is 0.130. The molecule has 1 aromatic heterocycles. The molecule has 126 valence electrons. The van der Waals surface area contributed by atoms with Crippen molar-refractivity contribution in [3.8, 4) is 28.5 Å². The second-order valence-electron chi connectivity index (χ2n) is 7.00. The smallest absolute Gasteiger partial charge is 0.190 e. The molecule has 0 atom stereocenters. The van der Waals surface area contributed by atoms with Crippen LogP contribution in [0.15, 0.2) is 72.8 Å². The molecule has 3 heteroatoms. The molecule has 0 spiro atoms. The van der Waals surface area contributed by atoms with Gasteiger partial charge in [0.25, 0.3) is 5.82 Å². The molecule has 4 aromatic rings. The minimum absolute atomic E-state index is 0.824. The topological polar surface area (TPSA) is 21.7 Å². The maximum Gasteiger partial charge on any atom is 0.314 e. The Balaban J connectivity index is 1.80. The lowest BCUT2D eigenvalue weighted by molar-refractivity contribution is -0.572. The lowest BCUT2D eigenvalue weighted by atomic mass is 10.1. The van der Waals surface area contributed by atoms with Gasteiger partial charge in [0.15, 0.2) is 0 Å². The average Bonchev–Trinajstić information content (AvgIpc) is 3.18. The van der Waals surface area contributed by atoms with Crippen molar-refractivity contribution in [2.24, 2.45) is 0 Å². The van der Waals surface area contributed by atoms with E-state index in [-0.39, 0.29) is 0 Å². The third-order valence-electron chi connectivity index (χ3n) is 5.03. The largest absolute Gasteiger partial charge is 0.314 e. The van der Waals surface area contributed by atoms with Gasteiger partial charge in [0.1, 0.15) is 12.2 Å². The molecule has 0 saturated heterocycles. The van der Waals surface area contributed by atoms with Crippen molar-refractivity contribution in [1.29, 1.82) is 0 Å². The Kier molecular flexibility index (Phi) is 3.29. The van der Waals surface area contributed by atoms with E-state index >= 15 is 0 Å². The molecule has 0 aliphatic carbocycles. The molecule has 5 rings (SSSR count). The first-order valence-corrected chi connectivity index (χ1v) is 8.96. The van der Waals surface area contributed by atoms with Crippen LogP contribution in [-0.2, 0) is 6.54 Å². The number of fused-ring (bicyclic) bond motifs is 3. The molecular weight excluding hydrogens is 318 g/mol. The summed E-state index contributed by atoms with van der Waals surface area (Å²) in [4.78, 5) is 0. The monoisotopic (exact) mass is 338 g/mol. The van der Waals surface area contributed by atoms with Crippen molar-refractivity contribution in [1.82, 2.24) is 9.78 Å². The number of nitrogens with zero attached hydrogens (tertiary/aromatic N) is 3. The van der Waals surface area contributed by atoms with Crippen LogP contribution in [0, 0.1) is 13.8 Å². The van der Waals surface area contributed by atoms with E-state index in [1.165, 1.54) is 22.3 Å². The number of hydrogen-bond acceptors (Lipinski definition) is 1.